The maximum absolute atomic E-state index is 12.4. The second kappa shape index (κ2) is 5.19. The van der Waals surface area contributed by atoms with E-state index < -0.39 is 5.60 Å². The summed E-state index contributed by atoms with van der Waals surface area (Å²) in [6.07, 6.45) is 1.55. The lowest BCUT2D eigenvalue weighted by molar-refractivity contribution is 0.0219. The molecule has 1 aromatic carbocycles. The molecule has 1 fully saturated rings. The van der Waals surface area contributed by atoms with Crippen LogP contribution in [-0.2, 0) is 4.74 Å². The number of benzene rings is 1. The molecule has 118 valence electrons. The summed E-state index contributed by atoms with van der Waals surface area (Å²) < 4.78 is 5.49. The second-order valence-corrected chi connectivity index (χ2v) is 6.73. The SMILES string of the molecule is CC(C)(C)OC(=O)N1CCCC1c1nc2ccc(N)cc2[nH]1. The van der Waals surface area contributed by atoms with Gasteiger partial charge in [-0.25, -0.2) is 9.78 Å². The number of rotatable bonds is 1. The van der Waals surface area contributed by atoms with E-state index in [4.69, 9.17) is 10.5 Å². The molecule has 0 bridgehead atoms. The molecule has 1 aromatic heterocycles. The number of hydrogen-bond donors (Lipinski definition) is 2. The molecule has 2 heterocycles. The van der Waals surface area contributed by atoms with Crippen molar-refractivity contribution in [1.29, 1.82) is 0 Å². The average molecular weight is 302 g/mol. The molecule has 1 unspecified atom stereocenters. The fourth-order valence-electron chi connectivity index (χ4n) is 2.79. The van der Waals surface area contributed by atoms with E-state index in [0.29, 0.717) is 12.2 Å². The van der Waals surface area contributed by atoms with Crippen LogP contribution in [0.3, 0.4) is 0 Å². The number of aromatic nitrogens is 2. The third-order valence-electron chi connectivity index (χ3n) is 3.72. The lowest BCUT2D eigenvalue weighted by Gasteiger charge is -2.27. The van der Waals surface area contributed by atoms with E-state index in [1.165, 1.54) is 0 Å². The third kappa shape index (κ3) is 2.86. The van der Waals surface area contributed by atoms with Gasteiger partial charge in [0, 0.05) is 12.2 Å². The summed E-state index contributed by atoms with van der Waals surface area (Å²) >= 11 is 0. The van der Waals surface area contributed by atoms with E-state index in [1.807, 2.05) is 39.0 Å². The predicted molar refractivity (Wildman–Crippen MR) is 85.4 cm³/mol. The number of fused-ring (bicyclic) bond motifs is 1. The quantitative estimate of drug-likeness (QED) is 0.792. The minimum absolute atomic E-state index is 0.0662. The van der Waals surface area contributed by atoms with E-state index in [9.17, 15) is 4.79 Å². The van der Waals surface area contributed by atoms with Crippen LogP contribution in [0.5, 0.6) is 0 Å². The number of hydrogen-bond acceptors (Lipinski definition) is 4. The van der Waals surface area contributed by atoms with Gasteiger partial charge >= 0.3 is 6.09 Å². The van der Waals surface area contributed by atoms with Crippen molar-refractivity contribution < 1.29 is 9.53 Å². The summed E-state index contributed by atoms with van der Waals surface area (Å²) in [6.45, 7) is 6.32. The van der Waals surface area contributed by atoms with Crippen molar-refractivity contribution in [2.45, 2.75) is 45.3 Å². The lowest BCUT2D eigenvalue weighted by atomic mass is 10.2. The van der Waals surface area contributed by atoms with Gasteiger partial charge in [0.25, 0.3) is 0 Å². The van der Waals surface area contributed by atoms with Crippen LogP contribution in [0, 0.1) is 0 Å². The minimum Gasteiger partial charge on any atom is -0.444 e. The van der Waals surface area contributed by atoms with E-state index in [2.05, 4.69) is 9.97 Å². The topological polar surface area (TPSA) is 84.2 Å². The lowest BCUT2D eigenvalue weighted by Crippen LogP contribution is -2.36. The van der Waals surface area contributed by atoms with Crippen molar-refractivity contribution >= 4 is 22.8 Å². The number of carbonyl (C=O) groups excluding carboxylic acids is 1. The summed E-state index contributed by atoms with van der Waals surface area (Å²) in [4.78, 5) is 22.0. The highest BCUT2D eigenvalue weighted by atomic mass is 16.6. The Bertz CT molecular complexity index is 702. The highest BCUT2D eigenvalue weighted by Gasteiger charge is 2.34. The number of aromatic amines is 1. The first kappa shape index (κ1) is 14.7. The fraction of sp³-hybridized carbons (Fsp3) is 0.500. The number of carbonyl (C=O) groups is 1. The second-order valence-electron chi connectivity index (χ2n) is 6.73. The van der Waals surface area contributed by atoms with Crippen LogP contribution < -0.4 is 5.73 Å². The Morgan fingerprint density at radius 1 is 1.45 bits per heavy atom. The molecule has 2 aromatic rings. The molecule has 1 aliphatic rings. The van der Waals surface area contributed by atoms with Gasteiger partial charge in [-0.2, -0.15) is 0 Å². The highest BCUT2D eigenvalue weighted by molar-refractivity contribution is 5.79. The molecular weight excluding hydrogens is 280 g/mol. The molecule has 0 aliphatic carbocycles. The van der Waals surface area contributed by atoms with Crippen molar-refractivity contribution in [3.8, 4) is 0 Å². The number of anilines is 1. The Morgan fingerprint density at radius 3 is 2.95 bits per heavy atom. The normalized spacial score (nSPS) is 18.9. The zero-order valence-corrected chi connectivity index (χ0v) is 13.2. The molecule has 0 radical (unpaired) electrons. The highest BCUT2D eigenvalue weighted by Crippen LogP contribution is 2.32. The molecule has 1 atom stereocenters. The number of nitrogens with one attached hydrogen (secondary N) is 1. The maximum Gasteiger partial charge on any atom is 0.410 e. The van der Waals surface area contributed by atoms with Crippen molar-refractivity contribution in [3.63, 3.8) is 0 Å². The van der Waals surface area contributed by atoms with Crippen LogP contribution in [0.1, 0.15) is 45.5 Å². The van der Waals surface area contributed by atoms with Gasteiger partial charge in [0.15, 0.2) is 0 Å². The van der Waals surface area contributed by atoms with Crippen molar-refractivity contribution in [3.05, 3.63) is 24.0 Å². The third-order valence-corrected chi connectivity index (χ3v) is 3.72. The molecule has 1 saturated heterocycles. The Balaban J connectivity index is 1.86. The van der Waals surface area contributed by atoms with Gasteiger partial charge in [0.1, 0.15) is 11.4 Å². The molecule has 1 amide bonds. The first-order valence-corrected chi connectivity index (χ1v) is 7.58. The number of nitrogens with zero attached hydrogens (tertiary/aromatic N) is 2. The Labute approximate surface area is 129 Å². The van der Waals surface area contributed by atoms with Gasteiger partial charge < -0.3 is 15.5 Å². The maximum atomic E-state index is 12.4. The number of likely N-dealkylation sites (tertiary alicyclic amines) is 1. The zero-order valence-electron chi connectivity index (χ0n) is 13.2. The molecule has 3 N–H and O–H groups in total. The summed E-state index contributed by atoms with van der Waals surface area (Å²) in [6, 6.07) is 5.51. The summed E-state index contributed by atoms with van der Waals surface area (Å²) in [7, 11) is 0. The Kier molecular flexibility index (Phi) is 3.47. The van der Waals surface area contributed by atoms with Gasteiger partial charge in [-0.05, 0) is 51.8 Å². The van der Waals surface area contributed by atoms with Crippen LogP contribution in [-0.4, -0.2) is 33.1 Å². The minimum atomic E-state index is -0.494. The zero-order chi connectivity index (χ0) is 15.9. The monoisotopic (exact) mass is 302 g/mol. The van der Waals surface area contributed by atoms with E-state index >= 15 is 0 Å². The fourth-order valence-corrected chi connectivity index (χ4v) is 2.79. The molecule has 0 saturated carbocycles. The molecule has 0 spiro atoms. The first-order valence-electron chi connectivity index (χ1n) is 7.58. The van der Waals surface area contributed by atoms with Crippen LogP contribution in [0.25, 0.3) is 11.0 Å². The first-order chi connectivity index (χ1) is 10.3. The molecule has 6 heteroatoms. The van der Waals surface area contributed by atoms with Crippen LogP contribution in [0.2, 0.25) is 0 Å². The largest absolute Gasteiger partial charge is 0.444 e. The Hall–Kier alpha value is -2.24. The molecule has 1 aliphatic heterocycles. The summed E-state index contributed by atoms with van der Waals surface area (Å²) in [5.74, 6) is 0.795. The predicted octanol–water partition coefficient (Wildman–Crippen LogP) is 3.22. The number of nitrogen functional groups attached to an aromatic ring is 1. The van der Waals surface area contributed by atoms with Crippen molar-refractivity contribution in [2.24, 2.45) is 0 Å². The van der Waals surface area contributed by atoms with Gasteiger partial charge in [-0.1, -0.05) is 0 Å². The molecular formula is C16H22N4O2. The van der Waals surface area contributed by atoms with Gasteiger partial charge in [0.2, 0.25) is 0 Å². The Morgan fingerprint density at radius 2 is 2.23 bits per heavy atom. The number of ether oxygens (including phenoxy) is 1. The number of imidazole rings is 1. The van der Waals surface area contributed by atoms with E-state index in [0.717, 1.165) is 29.7 Å². The van der Waals surface area contributed by atoms with E-state index in [-0.39, 0.29) is 12.1 Å². The number of H-pyrrole nitrogens is 1. The average Bonchev–Trinajstić information content (AvgIpc) is 3.01. The summed E-state index contributed by atoms with van der Waals surface area (Å²) in [5, 5.41) is 0. The van der Waals surface area contributed by atoms with Crippen LogP contribution in [0.15, 0.2) is 18.2 Å². The van der Waals surface area contributed by atoms with Crippen LogP contribution >= 0.6 is 0 Å². The molecule has 6 nitrogen and oxygen atoms in total. The van der Waals surface area contributed by atoms with Crippen LogP contribution in [0.4, 0.5) is 10.5 Å². The molecule has 3 rings (SSSR count). The standard InChI is InChI=1S/C16H22N4O2/c1-16(2,3)22-15(21)20-8-4-5-13(20)14-18-11-7-6-10(17)9-12(11)19-14/h6-7,9,13H,4-5,8,17H2,1-3H3,(H,18,19). The smallest absolute Gasteiger partial charge is 0.410 e. The van der Waals surface area contributed by atoms with Gasteiger partial charge in [-0.15, -0.1) is 0 Å². The van der Waals surface area contributed by atoms with Gasteiger partial charge in [0.05, 0.1) is 17.1 Å². The number of nitrogens with two attached hydrogens (primary N) is 1. The van der Waals surface area contributed by atoms with Crippen molar-refractivity contribution in [1.82, 2.24) is 14.9 Å². The van der Waals surface area contributed by atoms with Crippen molar-refractivity contribution in [2.75, 3.05) is 12.3 Å². The molecule has 22 heavy (non-hydrogen) atoms. The number of amides is 1. The van der Waals surface area contributed by atoms with Gasteiger partial charge in [-0.3, -0.25) is 4.90 Å². The summed E-state index contributed by atoms with van der Waals surface area (Å²) in [5.41, 5.74) is 7.75. The van der Waals surface area contributed by atoms with E-state index in [1.54, 1.807) is 4.90 Å².